The van der Waals surface area contributed by atoms with E-state index < -0.39 is 10.0 Å². The van der Waals surface area contributed by atoms with E-state index in [1.807, 2.05) is 0 Å². The van der Waals surface area contributed by atoms with Gasteiger partial charge in [0.1, 0.15) is 4.21 Å². The molecule has 3 N–H and O–H groups in total. The molecule has 1 aromatic rings. The van der Waals surface area contributed by atoms with E-state index >= 15 is 0 Å². The first-order valence-electron chi connectivity index (χ1n) is 3.91. The van der Waals surface area contributed by atoms with Crippen molar-refractivity contribution in [3.8, 4) is 0 Å². The molecule has 0 aromatic carbocycles. The van der Waals surface area contributed by atoms with Gasteiger partial charge in [-0.05, 0) is 17.9 Å². The van der Waals surface area contributed by atoms with Crippen molar-refractivity contribution in [2.24, 2.45) is 5.73 Å². The van der Waals surface area contributed by atoms with E-state index in [4.69, 9.17) is 5.73 Å². The SMILES string of the molecule is NC1CC1NS(=O)(=O)c1cccs1. The number of hydrogen-bond donors (Lipinski definition) is 2. The van der Waals surface area contributed by atoms with Crippen LogP contribution >= 0.6 is 11.3 Å². The maximum Gasteiger partial charge on any atom is 0.250 e. The summed E-state index contributed by atoms with van der Waals surface area (Å²) in [5.74, 6) is 0. The molecule has 2 rings (SSSR count). The largest absolute Gasteiger partial charge is 0.326 e. The van der Waals surface area contributed by atoms with Gasteiger partial charge >= 0.3 is 0 Å². The van der Waals surface area contributed by atoms with Crippen molar-refractivity contribution >= 4 is 21.4 Å². The van der Waals surface area contributed by atoms with Crippen LogP contribution in [0.5, 0.6) is 0 Å². The number of nitrogens with two attached hydrogens (primary N) is 1. The minimum atomic E-state index is -3.30. The summed E-state index contributed by atoms with van der Waals surface area (Å²) in [6.07, 6.45) is 0.741. The van der Waals surface area contributed by atoms with Gasteiger partial charge in [-0.25, -0.2) is 13.1 Å². The number of thiophene rings is 1. The first-order chi connectivity index (χ1) is 6.09. The Morgan fingerprint density at radius 1 is 1.62 bits per heavy atom. The highest BCUT2D eigenvalue weighted by molar-refractivity contribution is 7.91. The molecule has 2 unspecified atom stereocenters. The van der Waals surface area contributed by atoms with E-state index in [1.165, 1.54) is 11.3 Å². The summed E-state index contributed by atoms with van der Waals surface area (Å²) in [6, 6.07) is 3.23. The van der Waals surface area contributed by atoms with Crippen LogP contribution in [0.4, 0.5) is 0 Å². The van der Waals surface area contributed by atoms with Crippen LogP contribution in [0.15, 0.2) is 21.7 Å². The highest BCUT2D eigenvalue weighted by atomic mass is 32.2. The summed E-state index contributed by atoms with van der Waals surface area (Å²) >= 11 is 1.21. The van der Waals surface area contributed by atoms with Gasteiger partial charge in [0.2, 0.25) is 10.0 Å². The maximum absolute atomic E-state index is 11.5. The van der Waals surface area contributed by atoms with Crippen LogP contribution in [0, 0.1) is 0 Å². The fraction of sp³-hybridized carbons (Fsp3) is 0.429. The van der Waals surface area contributed by atoms with Crippen molar-refractivity contribution in [2.75, 3.05) is 0 Å². The minimum Gasteiger partial charge on any atom is -0.326 e. The lowest BCUT2D eigenvalue weighted by atomic mass is 10.7. The predicted octanol–water partition coefficient (Wildman–Crippen LogP) is 0.126. The molecule has 13 heavy (non-hydrogen) atoms. The molecule has 0 spiro atoms. The first-order valence-corrected chi connectivity index (χ1v) is 6.27. The van der Waals surface area contributed by atoms with E-state index in [-0.39, 0.29) is 12.1 Å². The molecular formula is C7H10N2O2S2. The second-order valence-corrected chi connectivity index (χ2v) is 5.95. The van der Waals surface area contributed by atoms with Gasteiger partial charge in [0.25, 0.3) is 0 Å². The Kier molecular flexibility index (Phi) is 2.15. The Bertz CT molecular complexity index is 385. The zero-order valence-electron chi connectivity index (χ0n) is 6.80. The molecule has 1 fully saturated rings. The summed E-state index contributed by atoms with van der Waals surface area (Å²) in [7, 11) is -3.30. The van der Waals surface area contributed by atoms with Crippen molar-refractivity contribution in [1.82, 2.24) is 4.72 Å². The highest BCUT2D eigenvalue weighted by Crippen LogP contribution is 2.23. The van der Waals surface area contributed by atoms with Crippen LogP contribution in [0.25, 0.3) is 0 Å². The molecule has 1 aliphatic carbocycles. The van der Waals surface area contributed by atoms with Crippen molar-refractivity contribution in [1.29, 1.82) is 0 Å². The van der Waals surface area contributed by atoms with Crippen LogP contribution < -0.4 is 10.5 Å². The van der Waals surface area contributed by atoms with Crippen LogP contribution in [-0.2, 0) is 10.0 Å². The number of nitrogens with one attached hydrogen (secondary N) is 1. The average molecular weight is 218 g/mol. The Hall–Kier alpha value is -0.430. The quantitative estimate of drug-likeness (QED) is 0.757. The van der Waals surface area contributed by atoms with Crippen molar-refractivity contribution in [2.45, 2.75) is 22.7 Å². The van der Waals surface area contributed by atoms with Gasteiger partial charge in [-0.2, -0.15) is 0 Å². The van der Waals surface area contributed by atoms with Gasteiger partial charge in [-0.1, -0.05) is 6.07 Å². The number of rotatable bonds is 3. The molecule has 1 aromatic heterocycles. The summed E-state index contributed by atoms with van der Waals surface area (Å²) in [5.41, 5.74) is 5.50. The third-order valence-corrected chi connectivity index (χ3v) is 4.79. The molecule has 1 saturated carbocycles. The molecule has 2 atom stereocenters. The van der Waals surface area contributed by atoms with E-state index in [0.29, 0.717) is 4.21 Å². The molecular weight excluding hydrogens is 208 g/mol. The van der Waals surface area contributed by atoms with Crippen LogP contribution in [-0.4, -0.2) is 20.5 Å². The third kappa shape index (κ3) is 1.91. The Morgan fingerprint density at radius 2 is 2.31 bits per heavy atom. The predicted molar refractivity (Wildman–Crippen MR) is 51.0 cm³/mol. The molecule has 0 bridgehead atoms. The summed E-state index contributed by atoms with van der Waals surface area (Å²) in [4.78, 5) is 0. The lowest BCUT2D eigenvalue weighted by Crippen LogP contribution is -2.29. The minimum absolute atomic E-state index is 0.00487. The lowest BCUT2D eigenvalue weighted by molar-refractivity contribution is 0.582. The maximum atomic E-state index is 11.5. The fourth-order valence-electron chi connectivity index (χ4n) is 1.02. The van der Waals surface area contributed by atoms with Crippen LogP contribution in [0.2, 0.25) is 0 Å². The molecule has 0 aliphatic heterocycles. The summed E-state index contributed by atoms with van der Waals surface area (Å²) in [5, 5.41) is 1.74. The highest BCUT2D eigenvalue weighted by Gasteiger charge is 2.37. The molecule has 0 amide bonds. The fourth-order valence-corrected chi connectivity index (χ4v) is 3.33. The zero-order valence-corrected chi connectivity index (χ0v) is 8.44. The van der Waals surface area contributed by atoms with E-state index in [0.717, 1.165) is 6.42 Å². The molecule has 0 saturated heterocycles. The standard InChI is InChI=1S/C7H10N2O2S2/c8-5-4-6(5)9-13(10,11)7-2-1-3-12-7/h1-3,5-6,9H,4,8H2. The van der Waals surface area contributed by atoms with Crippen LogP contribution in [0.1, 0.15) is 6.42 Å². The normalized spacial score (nSPS) is 27.5. The van der Waals surface area contributed by atoms with Gasteiger partial charge in [0.05, 0.1) is 0 Å². The Labute approximate surface area is 80.8 Å². The first kappa shape index (κ1) is 9.14. The van der Waals surface area contributed by atoms with Gasteiger partial charge in [0.15, 0.2) is 0 Å². The lowest BCUT2D eigenvalue weighted by Gasteiger charge is -2.01. The average Bonchev–Trinajstić information content (AvgIpc) is 2.56. The second-order valence-electron chi connectivity index (χ2n) is 3.06. The van der Waals surface area contributed by atoms with Crippen molar-refractivity contribution in [3.05, 3.63) is 17.5 Å². The molecule has 0 radical (unpaired) electrons. The van der Waals surface area contributed by atoms with Crippen molar-refractivity contribution < 1.29 is 8.42 Å². The van der Waals surface area contributed by atoms with E-state index in [1.54, 1.807) is 17.5 Å². The number of hydrogen-bond acceptors (Lipinski definition) is 4. The summed E-state index contributed by atoms with van der Waals surface area (Å²) < 4.78 is 26.0. The molecule has 4 nitrogen and oxygen atoms in total. The zero-order chi connectivity index (χ0) is 9.47. The third-order valence-electron chi connectivity index (χ3n) is 1.91. The smallest absolute Gasteiger partial charge is 0.250 e. The van der Waals surface area contributed by atoms with Gasteiger partial charge < -0.3 is 5.73 Å². The van der Waals surface area contributed by atoms with Gasteiger partial charge in [-0.15, -0.1) is 11.3 Å². The van der Waals surface area contributed by atoms with Gasteiger partial charge in [-0.3, -0.25) is 0 Å². The van der Waals surface area contributed by atoms with E-state index in [2.05, 4.69) is 4.72 Å². The van der Waals surface area contributed by atoms with Crippen LogP contribution in [0.3, 0.4) is 0 Å². The molecule has 1 heterocycles. The van der Waals surface area contributed by atoms with Gasteiger partial charge in [0, 0.05) is 12.1 Å². The second kappa shape index (κ2) is 3.06. The molecule has 6 heteroatoms. The Balaban J connectivity index is 2.13. The van der Waals surface area contributed by atoms with Crippen molar-refractivity contribution in [3.63, 3.8) is 0 Å². The topological polar surface area (TPSA) is 72.2 Å². The monoisotopic (exact) mass is 218 g/mol. The number of sulfonamides is 1. The summed E-state index contributed by atoms with van der Waals surface area (Å²) in [6.45, 7) is 0. The Morgan fingerprint density at radius 3 is 2.77 bits per heavy atom. The van der Waals surface area contributed by atoms with E-state index in [9.17, 15) is 8.42 Å². The molecule has 72 valence electrons. The molecule has 1 aliphatic rings.